The first kappa shape index (κ1) is 14.8. The molecule has 1 saturated carbocycles. The van der Waals surface area contributed by atoms with Gasteiger partial charge in [-0.1, -0.05) is 13.8 Å². The van der Waals surface area contributed by atoms with E-state index >= 15 is 0 Å². The van der Waals surface area contributed by atoms with Crippen molar-refractivity contribution in [2.75, 3.05) is 12.8 Å². The molecule has 4 heteroatoms. The van der Waals surface area contributed by atoms with Gasteiger partial charge in [0.2, 0.25) is 5.91 Å². The van der Waals surface area contributed by atoms with Crippen molar-refractivity contribution >= 4 is 17.7 Å². The summed E-state index contributed by atoms with van der Waals surface area (Å²) in [5.74, 6) is 0.616. The zero-order chi connectivity index (χ0) is 12.8. The van der Waals surface area contributed by atoms with Gasteiger partial charge in [0.05, 0.1) is 6.54 Å². The van der Waals surface area contributed by atoms with Crippen LogP contribution in [0, 0.1) is 5.92 Å². The van der Waals surface area contributed by atoms with Crippen LogP contribution in [0.5, 0.6) is 0 Å². The Kier molecular flexibility index (Phi) is 6.34. The largest absolute Gasteiger partial charge is 0.352 e. The van der Waals surface area contributed by atoms with Gasteiger partial charge in [-0.2, -0.15) is 11.8 Å². The van der Waals surface area contributed by atoms with Crippen molar-refractivity contribution in [2.45, 2.75) is 57.4 Å². The fourth-order valence-electron chi connectivity index (χ4n) is 2.05. The summed E-state index contributed by atoms with van der Waals surface area (Å²) in [4.78, 5) is 11.7. The van der Waals surface area contributed by atoms with Gasteiger partial charge in [-0.15, -0.1) is 0 Å². The molecular weight excluding hydrogens is 232 g/mol. The minimum absolute atomic E-state index is 0.124. The lowest BCUT2D eigenvalue weighted by atomic mass is 10.1. The monoisotopic (exact) mass is 258 g/mol. The predicted octanol–water partition coefficient (Wildman–Crippen LogP) is 2.02. The van der Waals surface area contributed by atoms with Crippen molar-refractivity contribution in [3.05, 3.63) is 0 Å². The number of carbonyl (C=O) groups excluding carboxylic acids is 1. The van der Waals surface area contributed by atoms with Gasteiger partial charge in [-0.25, -0.2) is 0 Å². The molecule has 2 N–H and O–H groups in total. The van der Waals surface area contributed by atoms with Crippen molar-refractivity contribution < 1.29 is 4.79 Å². The van der Waals surface area contributed by atoms with Crippen LogP contribution in [-0.4, -0.2) is 36.0 Å². The van der Waals surface area contributed by atoms with Crippen LogP contribution in [0.25, 0.3) is 0 Å². The van der Waals surface area contributed by atoms with Gasteiger partial charge in [-0.05, 0) is 38.4 Å². The zero-order valence-corrected chi connectivity index (χ0v) is 12.3. The number of amides is 1. The lowest BCUT2D eigenvalue weighted by Crippen LogP contribution is -2.43. The standard InChI is InChI=1S/C13H26N2OS/c1-9(2)10(3)15-13(16)8-14-11-5-6-12(7-11)17-4/h9-12,14H,5-8H2,1-4H3,(H,15,16). The van der Waals surface area contributed by atoms with Gasteiger partial charge in [0.1, 0.15) is 0 Å². The third-order valence-corrected chi connectivity index (χ3v) is 4.75. The van der Waals surface area contributed by atoms with Crippen LogP contribution in [0.2, 0.25) is 0 Å². The molecule has 0 aromatic carbocycles. The first-order valence-electron chi connectivity index (χ1n) is 6.58. The average molecular weight is 258 g/mol. The van der Waals surface area contributed by atoms with E-state index in [0.29, 0.717) is 18.5 Å². The molecule has 0 spiro atoms. The van der Waals surface area contributed by atoms with E-state index in [9.17, 15) is 4.79 Å². The summed E-state index contributed by atoms with van der Waals surface area (Å²) in [5.41, 5.74) is 0. The highest BCUT2D eigenvalue weighted by Crippen LogP contribution is 2.27. The molecule has 0 heterocycles. The van der Waals surface area contributed by atoms with Gasteiger partial charge in [-0.3, -0.25) is 4.79 Å². The molecule has 3 unspecified atom stereocenters. The number of hydrogen-bond acceptors (Lipinski definition) is 3. The fraction of sp³-hybridized carbons (Fsp3) is 0.923. The first-order valence-corrected chi connectivity index (χ1v) is 7.87. The minimum atomic E-state index is 0.124. The van der Waals surface area contributed by atoms with Crippen LogP contribution < -0.4 is 10.6 Å². The highest BCUT2D eigenvalue weighted by atomic mass is 32.2. The van der Waals surface area contributed by atoms with Crippen molar-refractivity contribution in [2.24, 2.45) is 5.92 Å². The zero-order valence-electron chi connectivity index (χ0n) is 11.5. The third-order valence-electron chi connectivity index (χ3n) is 3.66. The van der Waals surface area contributed by atoms with Crippen molar-refractivity contribution in [1.82, 2.24) is 10.6 Å². The van der Waals surface area contributed by atoms with Crippen LogP contribution >= 0.6 is 11.8 Å². The lowest BCUT2D eigenvalue weighted by Gasteiger charge is -2.18. The summed E-state index contributed by atoms with van der Waals surface area (Å²) < 4.78 is 0. The molecule has 0 aromatic rings. The summed E-state index contributed by atoms with van der Waals surface area (Å²) in [6.45, 7) is 6.77. The summed E-state index contributed by atoms with van der Waals surface area (Å²) in [6.07, 6.45) is 5.86. The van der Waals surface area contributed by atoms with E-state index < -0.39 is 0 Å². The molecule has 0 aliphatic heterocycles. The Labute approximate surface area is 109 Å². The molecule has 1 aliphatic rings. The number of thioether (sulfide) groups is 1. The number of hydrogen-bond donors (Lipinski definition) is 2. The Bertz CT molecular complexity index is 246. The average Bonchev–Trinajstić information content (AvgIpc) is 2.74. The smallest absolute Gasteiger partial charge is 0.234 e. The van der Waals surface area contributed by atoms with Crippen molar-refractivity contribution in [1.29, 1.82) is 0 Å². The Morgan fingerprint density at radius 3 is 2.59 bits per heavy atom. The summed E-state index contributed by atoms with van der Waals surface area (Å²) in [7, 11) is 0. The van der Waals surface area contributed by atoms with Gasteiger partial charge in [0, 0.05) is 17.3 Å². The van der Waals surface area contributed by atoms with E-state index in [1.165, 1.54) is 19.3 Å². The van der Waals surface area contributed by atoms with E-state index in [1.54, 1.807) is 0 Å². The SMILES string of the molecule is CSC1CCC(NCC(=O)NC(C)C(C)C)C1. The number of nitrogens with one attached hydrogen (secondary N) is 2. The molecule has 1 rings (SSSR count). The molecule has 3 nitrogen and oxygen atoms in total. The maximum atomic E-state index is 11.7. The molecule has 1 fully saturated rings. The molecule has 1 aliphatic carbocycles. The topological polar surface area (TPSA) is 41.1 Å². The maximum Gasteiger partial charge on any atom is 0.234 e. The van der Waals surface area contributed by atoms with Gasteiger partial charge in [0.15, 0.2) is 0 Å². The second-order valence-corrected chi connectivity index (χ2v) is 6.49. The van der Waals surface area contributed by atoms with E-state index in [0.717, 1.165) is 5.25 Å². The molecule has 3 atom stereocenters. The van der Waals surface area contributed by atoms with Crippen LogP contribution in [0.3, 0.4) is 0 Å². The summed E-state index contributed by atoms with van der Waals surface area (Å²) >= 11 is 1.94. The second kappa shape index (κ2) is 7.27. The fourth-order valence-corrected chi connectivity index (χ4v) is 2.84. The maximum absolute atomic E-state index is 11.7. The Morgan fingerprint density at radius 1 is 1.35 bits per heavy atom. The molecular formula is C13H26N2OS. The predicted molar refractivity (Wildman–Crippen MR) is 75.4 cm³/mol. The Morgan fingerprint density at radius 2 is 2.06 bits per heavy atom. The molecule has 0 bridgehead atoms. The Balaban J connectivity index is 2.16. The van der Waals surface area contributed by atoms with Crippen LogP contribution in [0.4, 0.5) is 0 Å². The third kappa shape index (κ3) is 5.30. The molecule has 0 aromatic heterocycles. The van der Waals surface area contributed by atoms with Crippen molar-refractivity contribution in [3.8, 4) is 0 Å². The first-order chi connectivity index (χ1) is 8.02. The molecule has 0 saturated heterocycles. The van der Waals surface area contributed by atoms with E-state index in [2.05, 4.69) is 37.7 Å². The molecule has 17 heavy (non-hydrogen) atoms. The second-order valence-electron chi connectivity index (χ2n) is 5.35. The van der Waals surface area contributed by atoms with Crippen LogP contribution in [0.1, 0.15) is 40.0 Å². The quantitative estimate of drug-likeness (QED) is 0.766. The molecule has 0 radical (unpaired) electrons. The highest BCUT2D eigenvalue weighted by molar-refractivity contribution is 7.99. The highest BCUT2D eigenvalue weighted by Gasteiger charge is 2.23. The van der Waals surface area contributed by atoms with Gasteiger partial charge >= 0.3 is 0 Å². The van der Waals surface area contributed by atoms with Crippen LogP contribution in [0.15, 0.2) is 0 Å². The Hall–Kier alpha value is -0.220. The van der Waals surface area contributed by atoms with Crippen LogP contribution in [-0.2, 0) is 4.79 Å². The molecule has 100 valence electrons. The normalized spacial score (nSPS) is 26.2. The summed E-state index contributed by atoms with van der Waals surface area (Å²) in [6, 6.07) is 0.791. The van der Waals surface area contributed by atoms with Crippen molar-refractivity contribution in [3.63, 3.8) is 0 Å². The number of rotatable bonds is 6. The summed E-state index contributed by atoms with van der Waals surface area (Å²) in [5, 5.41) is 7.17. The lowest BCUT2D eigenvalue weighted by molar-refractivity contribution is -0.121. The van der Waals surface area contributed by atoms with Gasteiger partial charge < -0.3 is 10.6 Å². The number of carbonyl (C=O) groups is 1. The van der Waals surface area contributed by atoms with E-state index in [1.807, 2.05) is 11.8 Å². The van der Waals surface area contributed by atoms with E-state index in [-0.39, 0.29) is 11.9 Å². The minimum Gasteiger partial charge on any atom is -0.352 e. The van der Waals surface area contributed by atoms with E-state index in [4.69, 9.17) is 0 Å². The van der Waals surface area contributed by atoms with Gasteiger partial charge in [0.25, 0.3) is 0 Å². The molecule has 1 amide bonds.